The van der Waals surface area contributed by atoms with Crippen LogP contribution in [0.3, 0.4) is 0 Å². The van der Waals surface area contributed by atoms with Crippen molar-refractivity contribution >= 4 is 21.9 Å². The molecule has 0 radical (unpaired) electrons. The van der Waals surface area contributed by atoms with Crippen LogP contribution in [-0.4, -0.2) is 43.2 Å². The van der Waals surface area contributed by atoms with E-state index in [1.54, 1.807) is 0 Å². The Morgan fingerprint density at radius 1 is 1.16 bits per heavy atom. The van der Waals surface area contributed by atoms with Crippen LogP contribution in [0, 0.1) is 11.6 Å². The Hall–Kier alpha value is -3.49. The van der Waals surface area contributed by atoms with Crippen LogP contribution in [0.5, 0.6) is 17.2 Å². The number of phenolic OH excluding ortho intramolecular Hbond substituents is 1. The first-order valence-corrected chi connectivity index (χ1v) is 10.5. The second-order valence-corrected chi connectivity index (χ2v) is 8.12. The maximum absolute atomic E-state index is 14.4. The molecule has 0 saturated heterocycles. The number of aromatic hydroxyl groups is 1. The summed E-state index contributed by atoms with van der Waals surface area (Å²) in [6.07, 6.45) is 0.0239. The number of benzene rings is 2. The fourth-order valence-electron chi connectivity index (χ4n) is 2.50. The molecule has 11 nitrogen and oxygen atoms in total. The molecule has 0 fully saturated rings. The van der Waals surface area contributed by atoms with E-state index in [9.17, 15) is 27.1 Å². The van der Waals surface area contributed by atoms with Gasteiger partial charge in [-0.05, 0) is 49.2 Å². The van der Waals surface area contributed by atoms with Crippen molar-refractivity contribution in [2.45, 2.75) is 23.8 Å². The summed E-state index contributed by atoms with van der Waals surface area (Å²) in [6, 6.07) is 4.50. The van der Waals surface area contributed by atoms with E-state index in [-0.39, 0.29) is 36.8 Å². The number of phenols is 1. The first-order chi connectivity index (χ1) is 15.0. The molecule has 0 heterocycles. The zero-order chi connectivity index (χ0) is 23.9. The molecule has 0 unspecified atom stereocenters. The highest BCUT2D eigenvalue weighted by Gasteiger charge is 2.27. The topological polar surface area (TPSA) is 189 Å². The van der Waals surface area contributed by atoms with Gasteiger partial charge in [0.2, 0.25) is 10.0 Å². The number of amides is 1. The van der Waals surface area contributed by atoms with Crippen LogP contribution in [0.4, 0.5) is 8.78 Å². The van der Waals surface area contributed by atoms with Gasteiger partial charge in [-0.3, -0.25) is 15.0 Å². The van der Waals surface area contributed by atoms with Gasteiger partial charge in [-0.1, -0.05) is 0 Å². The van der Waals surface area contributed by atoms with E-state index in [1.165, 1.54) is 29.7 Å². The summed E-state index contributed by atoms with van der Waals surface area (Å²) in [5, 5.41) is 18.1. The molecule has 0 bridgehead atoms. The molecular formula is C18H21F2N5O6S. The van der Waals surface area contributed by atoms with Crippen LogP contribution in [0.2, 0.25) is 0 Å². The van der Waals surface area contributed by atoms with E-state index >= 15 is 0 Å². The summed E-state index contributed by atoms with van der Waals surface area (Å²) in [5.41, 5.74) is 11.7. The van der Waals surface area contributed by atoms with Crippen molar-refractivity contribution in [1.82, 2.24) is 10.2 Å². The number of rotatable bonds is 10. The number of halogens is 2. The molecule has 2 rings (SSSR count). The van der Waals surface area contributed by atoms with E-state index in [0.29, 0.717) is 12.1 Å². The predicted octanol–water partition coefficient (Wildman–Crippen LogP) is 0.669. The average molecular weight is 473 g/mol. The number of hydrogen-bond donors (Lipinski definition) is 6. The molecule has 32 heavy (non-hydrogen) atoms. The predicted molar refractivity (Wildman–Crippen MR) is 108 cm³/mol. The Morgan fingerprint density at radius 3 is 2.28 bits per heavy atom. The molecule has 8 N–H and O–H groups in total. The van der Waals surface area contributed by atoms with E-state index in [1.807, 2.05) is 4.72 Å². The molecule has 0 saturated carbocycles. The Bertz CT molecular complexity index is 1070. The van der Waals surface area contributed by atoms with Crippen molar-refractivity contribution in [3.05, 3.63) is 48.0 Å². The minimum absolute atomic E-state index is 0.00483. The lowest BCUT2D eigenvalue weighted by Gasteiger charge is -2.17. The number of hydrogen-bond acceptors (Lipinski definition) is 7. The fraction of sp³-hybridized carbons (Fsp3) is 0.222. The fourth-order valence-corrected chi connectivity index (χ4v) is 3.75. The molecule has 14 heteroatoms. The number of nitrogens with two attached hydrogens (primary N) is 2. The Labute approximate surface area is 181 Å². The maximum Gasteiger partial charge on any atom is 0.261 e. The molecule has 2 aromatic carbocycles. The van der Waals surface area contributed by atoms with E-state index in [2.05, 4.69) is 4.99 Å². The summed E-state index contributed by atoms with van der Waals surface area (Å²) in [6.45, 7) is 0.0752. The third-order valence-electron chi connectivity index (χ3n) is 4.01. The smallest absolute Gasteiger partial charge is 0.261 e. The van der Waals surface area contributed by atoms with Crippen LogP contribution in [0.1, 0.15) is 12.8 Å². The summed E-state index contributed by atoms with van der Waals surface area (Å²) in [7, 11) is -4.58. The number of carbonyl (C=O) groups is 1. The minimum Gasteiger partial charge on any atom is -0.508 e. The lowest BCUT2D eigenvalue weighted by molar-refractivity contribution is -0.131. The first kappa shape index (κ1) is 24.8. The summed E-state index contributed by atoms with van der Waals surface area (Å²) >= 11 is 0. The third-order valence-corrected chi connectivity index (χ3v) is 5.46. The Kier molecular flexibility index (Phi) is 8.28. The molecule has 0 aliphatic carbocycles. The molecule has 0 spiro atoms. The van der Waals surface area contributed by atoms with Crippen LogP contribution >= 0.6 is 0 Å². The highest BCUT2D eigenvalue weighted by atomic mass is 32.2. The number of nitrogens with zero attached hydrogens (tertiary/aromatic N) is 1. The molecule has 1 atom stereocenters. The van der Waals surface area contributed by atoms with Crippen molar-refractivity contribution in [3.8, 4) is 17.2 Å². The van der Waals surface area contributed by atoms with E-state index < -0.39 is 44.3 Å². The highest BCUT2D eigenvalue weighted by molar-refractivity contribution is 7.89. The maximum atomic E-state index is 14.4. The van der Waals surface area contributed by atoms with Gasteiger partial charge in [0, 0.05) is 6.54 Å². The van der Waals surface area contributed by atoms with Gasteiger partial charge >= 0.3 is 0 Å². The number of aliphatic imine (C=N–C) groups is 1. The standard InChI is InChI=1S/C18H21F2N5O6S/c19-13-8-12(9-14(20)16(13)31-11-5-3-10(26)4-6-11)32(29,30)25-15(17(27)24-28)2-1-7-23-18(21)22/h3-6,8-9,15,25-26,28H,1-2,7H2,(H,24,27)(H4,21,22,23)/t15-/m0/s1. The van der Waals surface area contributed by atoms with Gasteiger partial charge in [0.05, 0.1) is 4.90 Å². The monoisotopic (exact) mass is 473 g/mol. The van der Waals surface area contributed by atoms with Crippen molar-refractivity contribution in [3.63, 3.8) is 0 Å². The van der Waals surface area contributed by atoms with Crippen molar-refractivity contribution in [2.75, 3.05) is 6.54 Å². The van der Waals surface area contributed by atoms with Gasteiger partial charge in [-0.25, -0.2) is 22.7 Å². The van der Waals surface area contributed by atoms with Crippen molar-refractivity contribution in [2.24, 2.45) is 16.5 Å². The van der Waals surface area contributed by atoms with Gasteiger partial charge in [0.25, 0.3) is 5.91 Å². The highest BCUT2D eigenvalue weighted by Crippen LogP contribution is 2.30. The summed E-state index contributed by atoms with van der Waals surface area (Å²) in [5.74, 6) is -4.90. The number of ether oxygens (including phenoxy) is 1. The molecule has 1 amide bonds. The van der Waals surface area contributed by atoms with E-state index in [0.717, 1.165) is 0 Å². The zero-order valence-corrected chi connectivity index (χ0v) is 17.3. The second-order valence-electron chi connectivity index (χ2n) is 6.41. The molecule has 0 aliphatic heterocycles. The van der Waals surface area contributed by atoms with Crippen LogP contribution in [0.15, 0.2) is 46.3 Å². The number of carbonyl (C=O) groups excluding carboxylic acids is 1. The van der Waals surface area contributed by atoms with Crippen LogP contribution in [0.25, 0.3) is 0 Å². The largest absolute Gasteiger partial charge is 0.508 e. The van der Waals surface area contributed by atoms with Gasteiger partial charge in [-0.15, -0.1) is 0 Å². The second kappa shape index (κ2) is 10.7. The minimum atomic E-state index is -4.58. The van der Waals surface area contributed by atoms with Gasteiger partial charge in [0.1, 0.15) is 17.5 Å². The first-order valence-electron chi connectivity index (χ1n) is 9.01. The molecular weight excluding hydrogens is 452 g/mol. The normalized spacial score (nSPS) is 12.1. The van der Waals surface area contributed by atoms with Gasteiger partial charge < -0.3 is 21.3 Å². The molecule has 0 aliphatic rings. The third kappa shape index (κ3) is 6.76. The van der Waals surface area contributed by atoms with Gasteiger partial charge in [-0.2, -0.15) is 4.72 Å². The summed E-state index contributed by atoms with van der Waals surface area (Å²) < 4.78 is 61.0. The quantitative estimate of drug-likeness (QED) is 0.0954. The molecule has 0 aromatic heterocycles. The Balaban J connectivity index is 2.22. The Morgan fingerprint density at radius 2 is 1.75 bits per heavy atom. The number of sulfonamides is 1. The lowest BCUT2D eigenvalue weighted by atomic mass is 10.1. The SMILES string of the molecule is NC(N)=NCCC[C@H](NS(=O)(=O)c1cc(F)c(Oc2ccc(O)cc2)c(F)c1)C(=O)NO. The average Bonchev–Trinajstić information content (AvgIpc) is 2.73. The number of hydroxylamine groups is 1. The van der Waals surface area contributed by atoms with Crippen molar-refractivity contribution < 1.29 is 37.0 Å². The van der Waals surface area contributed by atoms with Gasteiger partial charge in [0.15, 0.2) is 23.3 Å². The van der Waals surface area contributed by atoms with Crippen LogP contribution < -0.4 is 26.4 Å². The number of guanidine groups is 1. The number of nitrogens with one attached hydrogen (secondary N) is 2. The molecule has 174 valence electrons. The van der Waals surface area contributed by atoms with Crippen LogP contribution in [-0.2, 0) is 14.8 Å². The van der Waals surface area contributed by atoms with Crippen molar-refractivity contribution in [1.29, 1.82) is 0 Å². The molecule has 2 aromatic rings. The van der Waals surface area contributed by atoms with E-state index in [4.69, 9.17) is 21.4 Å². The lowest BCUT2D eigenvalue weighted by Crippen LogP contribution is -2.45. The summed E-state index contributed by atoms with van der Waals surface area (Å²) in [4.78, 5) is 14.7. The zero-order valence-electron chi connectivity index (χ0n) is 16.5.